The van der Waals surface area contributed by atoms with Crippen molar-refractivity contribution in [3.8, 4) is 0 Å². The van der Waals surface area contributed by atoms with E-state index in [9.17, 15) is 14.4 Å². The lowest BCUT2D eigenvalue weighted by molar-refractivity contribution is -0.140. The van der Waals surface area contributed by atoms with Crippen molar-refractivity contribution in [2.75, 3.05) is 0 Å². The Hall–Kier alpha value is -2.58. The molecule has 0 unspecified atom stereocenters. The molecular formula is C10H15N5O4. The first-order valence-electron chi connectivity index (χ1n) is 5.44. The number of aromatic nitrogens is 2. The van der Waals surface area contributed by atoms with Gasteiger partial charge in [0.1, 0.15) is 6.04 Å². The number of H-pyrrole nitrogens is 1. The lowest BCUT2D eigenvalue weighted by atomic mass is 10.2. The van der Waals surface area contributed by atoms with Crippen LogP contribution in [0.15, 0.2) is 6.20 Å². The van der Waals surface area contributed by atoms with Crippen molar-refractivity contribution in [1.82, 2.24) is 20.8 Å². The normalized spacial score (nSPS) is 11.6. The van der Waals surface area contributed by atoms with E-state index in [0.717, 1.165) is 11.3 Å². The SMILES string of the molecule is Cc1[nH]ncc1CNC(=O)N[C@H](CC(N)=O)C(=O)O. The topological polar surface area (TPSA) is 150 Å². The maximum absolute atomic E-state index is 11.5. The minimum atomic E-state index is -1.34. The largest absolute Gasteiger partial charge is 0.480 e. The number of hydrogen-bond donors (Lipinski definition) is 5. The van der Waals surface area contributed by atoms with E-state index in [0.29, 0.717) is 0 Å². The number of amides is 3. The number of aliphatic carboxylic acids is 1. The first kappa shape index (κ1) is 14.5. The van der Waals surface area contributed by atoms with Gasteiger partial charge in [-0.25, -0.2) is 9.59 Å². The highest BCUT2D eigenvalue weighted by atomic mass is 16.4. The number of carbonyl (C=O) groups excluding carboxylic acids is 2. The van der Waals surface area contributed by atoms with Gasteiger partial charge in [-0.2, -0.15) is 5.10 Å². The van der Waals surface area contributed by atoms with E-state index >= 15 is 0 Å². The van der Waals surface area contributed by atoms with Gasteiger partial charge >= 0.3 is 12.0 Å². The Labute approximate surface area is 108 Å². The van der Waals surface area contributed by atoms with Crippen LogP contribution in [-0.2, 0) is 16.1 Å². The number of aromatic amines is 1. The summed E-state index contributed by atoms with van der Waals surface area (Å²) in [6, 6.07) is -2.04. The van der Waals surface area contributed by atoms with Gasteiger partial charge in [0, 0.05) is 17.8 Å². The molecule has 104 valence electrons. The van der Waals surface area contributed by atoms with Crippen LogP contribution in [0.2, 0.25) is 0 Å². The third-order valence-electron chi connectivity index (χ3n) is 2.38. The van der Waals surface area contributed by atoms with Crippen LogP contribution in [0.25, 0.3) is 0 Å². The van der Waals surface area contributed by atoms with Crippen molar-refractivity contribution in [2.45, 2.75) is 25.9 Å². The van der Waals surface area contributed by atoms with Crippen molar-refractivity contribution in [3.05, 3.63) is 17.5 Å². The highest BCUT2D eigenvalue weighted by Crippen LogP contribution is 2.01. The van der Waals surface area contributed by atoms with E-state index in [1.807, 2.05) is 0 Å². The van der Waals surface area contributed by atoms with Crippen LogP contribution < -0.4 is 16.4 Å². The standard InChI is InChI=1S/C10H15N5O4/c1-5-6(4-13-15-5)3-12-10(19)14-7(9(17)18)2-8(11)16/h4,7H,2-3H2,1H3,(H2,11,16)(H,13,15)(H,17,18)(H2,12,14,19)/t7-/m1/s1. The predicted molar refractivity (Wildman–Crippen MR) is 63.9 cm³/mol. The highest BCUT2D eigenvalue weighted by Gasteiger charge is 2.21. The molecule has 9 nitrogen and oxygen atoms in total. The average molecular weight is 269 g/mol. The second-order valence-electron chi connectivity index (χ2n) is 3.91. The molecule has 0 saturated heterocycles. The fourth-order valence-electron chi connectivity index (χ4n) is 1.34. The van der Waals surface area contributed by atoms with Gasteiger partial charge in [0.2, 0.25) is 5.91 Å². The zero-order valence-electron chi connectivity index (χ0n) is 10.3. The fourth-order valence-corrected chi connectivity index (χ4v) is 1.34. The Balaban J connectivity index is 2.47. The van der Waals surface area contributed by atoms with E-state index in [-0.39, 0.29) is 6.54 Å². The molecule has 0 aromatic carbocycles. The van der Waals surface area contributed by atoms with Crippen LogP contribution in [0, 0.1) is 6.92 Å². The molecule has 0 fully saturated rings. The van der Waals surface area contributed by atoms with Crippen LogP contribution in [0.1, 0.15) is 17.7 Å². The molecular weight excluding hydrogens is 254 g/mol. The van der Waals surface area contributed by atoms with E-state index < -0.39 is 30.4 Å². The zero-order chi connectivity index (χ0) is 14.4. The molecule has 9 heteroatoms. The number of aryl methyl sites for hydroxylation is 1. The number of nitrogens with zero attached hydrogens (tertiary/aromatic N) is 1. The second-order valence-corrected chi connectivity index (χ2v) is 3.91. The number of nitrogens with two attached hydrogens (primary N) is 1. The molecule has 1 atom stereocenters. The molecule has 3 amide bonds. The summed E-state index contributed by atoms with van der Waals surface area (Å²) in [6.45, 7) is 1.98. The summed E-state index contributed by atoms with van der Waals surface area (Å²) in [5.41, 5.74) is 6.46. The number of primary amides is 1. The number of hydrogen-bond acceptors (Lipinski definition) is 4. The van der Waals surface area contributed by atoms with Crippen molar-refractivity contribution in [1.29, 1.82) is 0 Å². The summed E-state index contributed by atoms with van der Waals surface area (Å²) in [7, 11) is 0. The lowest BCUT2D eigenvalue weighted by Crippen LogP contribution is -2.47. The molecule has 19 heavy (non-hydrogen) atoms. The number of nitrogens with one attached hydrogen (secondary N) is 3. The third kappa shape index (κ3) is 4.66. The van der Waals surface area contributed by atoms with E-state index in [1.54, 1.807) is 13.1 Å². The molecule has 0 spiro atoms. The molecule has 0 radical (unpaired) electrons. The number of carboxylic acids is 1. The summed E-state index contributed by atoms with van der Waals surface area (Å²) >= 11 is 0. The Morgan fingerprint density at radius 2 is 2.21 bits per heavy atom. The van der Waals surface area contributed by atoms with Crippen LogP contribution in [0.5, 0.6) is 0 Å². The zero-order valence-corrected chi connectivity index (χ0v) is 10.3. The van der Waals surface area contributed by atoms with E-state index in [2.05, 4.69) is 20.8 Å². The molecule has 1 aromatic rings. The van der Waals surface area contributed by atoms with Crippen LogP contribution in [0.4, 0.5) is 4.79 Å². The van der Waals surface area contributed by atoms with Gasteiger partial charge in [0.25, 0.3) is 0 Å². The molecule has 1 aromatic heterocycles. The Bertz CT molecular complexity index is 484. The van der Waals surface area contributed by atoms with Crippen molar-refractivity contribution in [2.24, 2.45) is 5.73 Å². The first-order chi connectivity index (χ1) is 8.90. The van der Waals surface area contributed by atoms with Gasteiger partial charge in [0.05, 0.1) is 12.6 Å². The molecule has 0 aliphatic carbocycles. The maximum Gasteiger partial charge on any atom is 0.326 e. The molecule has 1 heterocycles. The maximum atomic E-state index is 11.5. The van der Waals surface area contributed by atoms with Gasteiger partial charge in [-0.1, -0.05) is 0 Å². The lowest BCUT2D eigenvalue weighted by Gasteiger charge is -2.13. The number of urea groups is 1. The first-order valence-corrected chi connectivity index (χ1v) is 5.44. The fraction of sp³-hybridized carbons (Fsp3) is 0.400. The molecule has 0 aliphatic rings. The molecule has 0 bridgehead atoms. The van der Waals surface area contributed by atoms with Crippen molar-refractivity contribution in [3.63, 3.8) is 0 Å². The predicted octanol–water partition coefficient (Wildman–Crippen LogP) is -1.15. The van der Waals surface area contributed by atoms with Gasteiger partial charge in [-0.15, -0.1) is 0 Å². The monoisotopic (exact) mass is 269 g/mol. The van der Waals surface area contributed by atoms with Gasteiger partial charge in [-0.3, -0.25) is 9.89 Å². The van der Waals surface area contributed by atoms with Gasteiger partial charge in [0.15, 0.2) is 0 Å². The van der Waals surface area contributed by atoms with E-state index in [1.165, 1.54) is 0 Å². The van der Waals surface area contributed by atoms with Gasteiger partial charge < -0.3 is 21.5 Å². The van der Waals surface area contributed by atoms with Gasteiger partial charge in [-0.05, 0) is 6.92 Å². The highest BCUT2D eigenvalue weighted by molar-refractivity contribution is 5.87. The Kier molecular flexibility index (Phi) is 4.86. The van der Waals surface area contributed by atoms with Crippen LogP contribution in [0.3, 0.4) is 0 Å². The molecule has 0 aliphatic heterocycles. The number of carbonyl (C=O) groups is 3. The average Bonchev–Trinajstić information content (AvgIpc) is 2.70. The van der Waals surface area contributed by atoms with Crippen molar-refractivity contribution >= 4 is 17.9 Å². The summed E-state index contributed by atoms with van der Waals surface area (Å²) in [5.74, 6) is -2.13. The summed E-state index contributed by atoms with van der Waals surface area (Å²) in [6.07, 6.45) is 1.08. The van der Waals surface area contributed by atoms with Crippen molar-refractivity contribution < 1.29 is 19.5 Å². The Morgan fingerprint density at radius 3 is 2.68 bits per heavy atom. The minimum absolute atomic E-state index is 0.192. The van der Waals surface area contributed by atoms with E-state index in [4.69, 9.17) is 10.8 Å². The summed E-state index contributed by atoms with van der Waals surface area (Å²) < 4.78 is 0. The summed E-state index contributed by atoms with van der Waals surface area (Å²) in [4.78, 5) is 32.9. The third-order valence-corrected chi connectivity index (χ3v) is 2.38. The Morgan fingerprint density at radius 1 is 1.53 bits per heavy atom. The minimum Gasteiger partial charge on any atom is -0.480 e. The molecule has 0 saturated carbocycles. The quantitative estimate of drug-likeness (QED) is 0.441. The van der Waals surface area contributed by atoms with Crippen LogP contribution >= 0.6 is 0 Å². The van der Waals surface area contributed by atoms with Crippen LogP contribution in [-0.4, -0.2) is 39.3 Å². The number of rotatable bonds is 6. The number of carboxylic acid groups (broad SMARTS) is 1. The molecule has 1 rings (SSSR count). The molecule has 6 N–H and O–H groups in total. The smallest absolute Gasteiger partial charge is 0.326 e. The summed E-state index contributed by atoms with van der Waals surface area (Å²) in [5, 5.41) is 19.9. The second kappa shape index (κ2) is 6.38.